The number of nitrogens with zero attached hydrogens (tertiary/aromatic N) is 3. The largest absolute Gasteiger partial charge is 0.356 e. The van der Waals surface area contributed by atoms with Crippen molar-refractivity contribution in [1.29, 1.82) is 0 Å². The third kappa shape index (κ3) is 4.23. The van der Waals surface area contributed by atoms with Crippen LogP contribution in [0, 0.1) is 6.92 Å². The molecule has 1 N–H and O–H groups in total. The zero-order chi connectivity index (χ0) is 16.8. The highest BCUT2D eigenvalue weighted by Crippen LogP contribution is 2.22. The van der Waals surface area contributed by atoms with Crippen molar-refractivity contribution in [3.8, 4) is 0 Å². The fourth-order valence-electron chi connectivity index (χ4n) is 2.82. The summed E-state index contributed by atoms with van der Waals surface area (Å²) in [5, 5.41) is 4.48. The molecule has 1 aliphatic rings. The van der Waals surface area contributed by atoms with Crippen LogP contribution in [0.25, 0.3) is 5.57 Å². The Kier molecular flexibility index (Phi) is 5.64. The first-order valence-corrected chi connectivity index (χ1v) is 9.27. The van der Waals surface area contributed by atoms with E-state index in [1.807, 2.05) is 6.20 Å². The minimum absolute atomic E-state index is 0.645. The van der Waals surface area contributed by atoms with Crippen LogP contribution in [0.1, 0.15) is 28.8 Å². The molecule has 1 aliphatic heterocycles. The molecule has 0 bridgehead atoms. The van der Waals surface area contributed by atoms with Gasteiger partial charge in [-0.1, -0.05) is 36.4 Å². The number of aromatic nitrogens is 1. The minimum Gasteiger partial charge on any atom is -0.356 e. The molecule has 0 amide bonds. The zero-order valence-corrected chi connectivity index (χ0v) is 15.1. The molecular formula is C19H24N4S. The van der Waals surface area contributed by atoms with E-state index in [2.05, 4.69) is 65.5 Å². The van der Waals surface area contributed by atoms with Crippen LogP contribution in [0.4, 0.5) is 0 Å². The van der Waals surface area contributed by atoms with Crippen LogP contribution in [-0.4, -0.2) is 35.5 Å². The molecule has 1 aromatic heterocycles. The highest BCUT2D eigenvalue weighted by Gasteiger charge is 2.16. The van der Waals surface area contributed by atoms with Crippen LogP contribution in [0.3, 0.4) is 0 Å². The molecule has 0 unspecified atom stereocenters. The Bertz CT molecular complexity index is 718. The Hall–Kier alpha value is -2.14. The monoisotopic (exact) mass is 340 g/mol. The van der Waals surface area contributed by atoms with E-state index in [-0.39, 0.29) is 0 Å². The van der Waals surface area contributed by atoms with E-state index in [0.717, 1.165) is 37.0 Å². The second-order valence-electron chi connectivity index (χ2n) is 5.83. The molecule has 3 rings (SSSR count). The third-order valence-electron chi connectivity index (χ3n) is 4.02. The minimum atomic E-state index is 0.645. The van der Waals surface area contributed by atoms with E-state index in [1.165, 1.54) is 16.0 Å². The number of hydrogen-bond acceptors (Lipinski definition) is 3. The Morgan fingerprint density at radius 3 is 2.79 bits per heavy atom. The highest BCUT2D eigenvalue weighted by atomic mass is 32.1. The van der Waals surface area contributed by atoms with Crippen LogP contribution in [0.5, 0.6) is 0 Å². The van der Waals surface area contributed by atoms with Crippen molar-refractivity contribution in [1.82, 2.24) is 15.2 Å². The number of thiazole rings is 1. The summed E-state index contributed by atoms with van der Waals surface area (Å²) in [6.07, 6.45) is 5.28. The van der Waals surface area contributed by atoms with E-state index < -0.39 is 0 Å². The number of nitrogens with one attached hydrogen (secondary N) is 1. The van der Waals surface area contributed by atoms with Crippen molar-refractivity contribution in [2.75, 3.05) is 19.6 Å². The maximum absolute atomic E-state index is 4.77. The number of guanidine groups is 1. The number of benzene rings is 1. The van der Waals surface area contributed by atoms with E-state index in [1.54, 1.807) is 11.3 Å². The van der Waals surface area contributed by atoms with Crippen LogP contribution in [0.15, 0.2) is 47.6 Å². The lowest BCUT2D eigenvalue weighted by Gasteiger charge is -2.29. The molecule has 0 saturated carbocycles. The topological polar surface area (TPSA) is 40.5 Å². The smallest absolute Gasteiger partial charge is 0.194 e. The van der Waals surface area contributed by atoms with Crippen molar-refractivity contribution in [3.63, 3.8) is 0 Å². The Balaban J connectivity index is 1.68. The SMILES string of the molecule is CCNC(=NCc1ncc(C)s1)N1CC=C(c2ccccc2)CC1. The van der Waals surface area contributed by atoms with E-state index in [0.29, 0.717) is 6.54 Å². The molecule has 24 heavy (non-hydrogen) atoms. The second-order valence-corrected chi connectivity index (χ2v) is 7.15. The highest BCUT2D eigenvalue weighted by molar-refractivity contribution is 7.11. The molecule has 5 heteroatoms. The summed E-state index contributed by atoms with van der Waals surface area (Å²) in [7, 11) is 0. The summed E-state index contributed by atoms with van der Waals surface area (Å²) >= 11 is 1.72. The summed E-state index contributed by atoms with van der Waals surface area (Å²) in [5.41, 5.74) is 2.76. The maximum Gasteiger partial charge on any atom is 0.194 e. The van der Waals surface area contributed by atoms with Crippen molar-refractivity contribution < 1.29 is 0 Å². The van der Waals surface area contributed by atoms with Gasteiger partial charge in [0.15, 0.2) is 5.96 Å². The molecule has 0 atom stereocenters. The van der Waals surface area contributed by atoms with Gasteiger partial charge in [-0.25, -0.2) is 9.98 Å². The number of rotatable bonds is 4. The predicted molar refractivity (Wildman–Crippen MR) is 102 cm³/mol. The first-order chi connectivity index (χ1) is 11.8. The molecule has 0 spiro atoms. The fraction of sp³-hybridized carbons (Fsp3) is 0.368. The number of aliphatic imine (C=N–C) groups is 1. The molecule has 0 radical (unpaired) electrons. The molecule has 1 aromatic carbocycles. The quantitative estimate of drug-likeness (QED) is 0.681. The Morgan fingerprint density at radius 1 is 1.33 bits per heavy atom. The van der Waals surface area contributed by atoms with Crippen molar-refractivity contribution >= 4 is 22.9 Å². The maximum atomic E-state index is 4.77. The lowest BCUT2D eigenvalue weighted by atomic mass is 10.00. The summed E-state index contributed by atoms with van der Waals surface area (Å²) in [5.74, 6) is 0.980. The first-order valence-electron chi connectivity index (χ1n) is 8.45. The standard InChI is InChI=1S/C19H24N4S/c1-3-20-19(22-14-18-21-13-15(2)24-18)23-11-9-17(10-12-23)16-7-5-4-6-8-16/h4-9,13H,3,10-12,14H2,1-2H3,(H,20,22). The summed E-state index contributed by atoms with van der Waals surface area (Å²) in [6, 6.07) is 10.6. The third-order valence-corrected chi connectivity index (χ3v) is 4.92. The van der Waals surface area contributed by atoms with Crippen LogP contribution in [-0.2, 0) is 6.54 Å². The normalized spacial score (nSPS) is 15.3. The predicted octanol–water partition coefficient (Wildman–Crippen LogP) is 3.71. The Labute approximate surface area is 148 Å². The van der Waals surface area contributed by atoms with Crippen LogP contribution < -0.4 is 5.32 Å². The van der Waals surface area contributed by atoms with Gasteiger partial charge >= 0.3 is 0 Å². The van der Waals surface area contributed by atoms with Crippen molar-refractivity contribution in [2.24, 2.45) is 4.99 Å². The van der Waals surface area contributed by atoms with E-state index >= 15 is 0 Å². The zero-order valence-electron chi connectivity index (χ0n) is 14.3. The van der Waals surface area contributed by atoms with Crippen molar-refractivity contribution in [2.45, 2.75) is 26.8 Å². The average Bonchev–Trinajstić information content (AvgIpc) is 3.05. The first kappa shape index (κ1) is 16.7. The van der Waals surface area contributed by atoms with Gasteiger partial charge in [0.2, 0.25) is 0 Å². The van der Waals surface area contributed by atoms with Crippen LogP contribution >= 0.6 is 11.3 Å². The summed E-state index contributed by atoms with van der Waals surface area (Å²) in [4.78, 5) is 12.7. The molecule has 126 valence electrons. The summed E-state index contributed by atoms with van der Waals surface area (Å²) < 4.78 is 0. The van der Waals surface area contributed by atoms with Gasteiger partial charge in [0.25, 0.3) is 0 Å². The van der Waals surface area contributed by atoms with E-state index in [9.17, 15) is 0 Å². The number of aryl methyl sites for hydroxylation is 1. The molecule has 0 aliphatic carbocycles. The molecule has 0 saturated heterocycles. The molecule has 2 heterocycles. The van der Waals surface area contributed by atoms with Gasteiger partial charge in [-0.05, 0) is 31.4 Å². The van der Waals surface area contributed by atoms with Gasteiger partial charge in [-0.2, -0.15) is 0 Å². The lowest BCUT2D eigenvalue weighted by molar-refractivity contribution is 0.440. The van der Waals surface area contributed by atoms with Gasteiger partial charge in [0.05, 0.1) is 6.54 Å². The fourth-order valence-corrected chi connectivity index (χ4v) is 3.53. The molecule has 4 nitrogen and oxygen atoms in total. The van der Waals surface area contributed by atoms with Gasteiger partial charge in [0, 0.05) is 30.7 Å². The van der Waals surface area contributed by atoms with Gasteiger partial charge < -0.3 is 10.2 Å². The summed E-state index contributed by atoms with van der Waals surface area (Å²) in [6.45, 7) is 7.60. The molecule has 2 aromatic rings. The Morgan fingerprint density at radius 2 is 2.17 bits per heavy atom. The van der Waals surface area contributed by atoms with E-state index in [4.69, 9.17) is 4.99 Å². The van der Waals surface area contributed by atoms with Gasteiger partial charge in [-0.3, -0.25) is 0 Å². The average molecular weight is 340 g/mol. The van der Waals surface area contributed by atoms with Gasteiger partial charge in [-0.15, -0.1) is 11.3 Å². The number of hydrogen-bond donors (Lipinski definition) is 1. The van der Waals surface area contributed by atoms with Crippen LogP contribution in [0.2, 0.25) is 0 Å². The van der Waals surface area contributed by atoms with Gasteiger partial charge in [0.1, 0.15) is 5.01 Å². The molecule has 0 fully saturated rings. The van der Waals surface area contributed by atoms with Crippen molar-refractivity contribution in [3.05, 3.63) is 58.1 Å². The second kappa shape index (κ2) is 8.11. The molecular weight excluding hydrogens is 316 g/mol. The lowest BCUT2D eigenvalue weighted by Crippen LogP contribution is -2.43.